The van der Waals surface area contributed by atoms with E-state index in [1.807, 2.05) is 0 Å². The van der Waals surface area contributed by atoms with Gasteiger partial charge in [-0.3, -0.25) is 14.4 Å². The minimum atomic E-state index is -1.85. The number of esters is 1. The third-order valence-electron chi connectivity index (χ3n) is 8.08. The maximum absolute atomic E-state index is 14.2. The van der Waals surface area contributed by atoms with Gasteiger partial charge in [-0.2, -0.15) is 0 Å². The van der Waals surface area contributed by atoms with Crippen LogP contribution in [-0.4, -0.2) is 43.8 Å². The summed E-state index contributed by atoms with van der Waals surface area (Å²) in [6, 6.07) is 16.7. The summed E-state index contributed by atoms with van der Waals surface area (Å²) in [5, 5.41) is 3.39. The molecule has 0 radical (unpaired) electrons. The molecule has 5 atom stereocenters. The van der Waals surface area contributed by atoms with Crippen molar-refractivity contribution in [1.82, 2.24) is 0 Å². The largest absolute Gasteiger partial charge is 0.469 e. The van der Waals surface area contributed by atoms with Crippen LogP contribution in [0.15, 0.2) is 60.7 Å². The minimum Gasteiger partial charge on any atom is -0.469 e. The monoisotopic (exact) mass is 581 g/mol. The highest BCUT2D eigenvalue weighted by Gasteiger charge is 2.81. The Hall–Kier alpha value is -3.63. The second kappa shape index (κ2) is 8.94. The fourth-order valence-corrected chi connectivity index (χ4v) is 6.57. The summed E-state index contributed by atoms with van der Waals surface area (Å²) in [5.41, 5.74) is -1.24. The van der Waals surface area contributed by atoms with Crippen LogP contribution in [0.2, 0.25) is 10.0 Å². The van der Waals surface area contributed by atoms with Crippen molar-refractivity contribution in [1.29, 1.82) is 0 Å². The van der Waals surface area contributed by atoms with Crippen LogP contribution < -0.4 is 14.8 Å². The number of ether oxygens (including phenoxy) is 5. The molecule has 2 spiro atoms. The van der Waals surface area contributed by atoms with Crippen LogP contribution in [0.3, 0.4) is 0 Å². The van der Waals surface area contributed by atoms with Crippen molar-refractivity contribution in [2.45, 2.75) is 17.3 Å². The second-order valence-electron chi connectivity index (χ2n) is 10.0. The summed E-state index contributed by atoms with van der Waals surface area (Å²) in [6.45, 7) is 0.203. The Kier molecular flexibility index (Phi) is 5.66. The Morgan fingerprint density at radius 2 is 1.77 bits per heavy atom. The quantitative estimate of drug-likeness (QED) is 0.348. The van der Waals surface area contributed by atoms with Crippen LogP contribution in [-0.2, 0) is 29.4 Å². The molecule has 0 bridgehead atoms. The van der Waals surface area contributed by atoms with Crippen molar-refractivity contribution >= 4 is 46.5 Å². The molecule has 4 aliphatic rings. The number of hydrogen-bond acceptors (Lipinski definition) is 8. The lowest BCUT2D eigenvalue weighted by molar-refractivity contribution is -0.155. The number of halogens is 2. The summed E-state index contributed by atoms with van der Waals surface area (Å²) in [5.74, 6) is -3.34. The Morgan fingerprint density at radius 1 is 1.00 bits per heavy atom. The van der Waals surface area contributed by atoms with Gasteiger partial charge in [-0.25, -0.2) is 0 Å². The zero-order valence-corrected chi connectivity index (χ0v) is 22.5. The number of anilines is 1. The molecule has 1 aliphatic carbocycles. The van der Waals surface area contributed by atoms with E-state index in [1.165, 1.54) is 7.11 Å². The molecule has 3 heterocycles. The van der Waals surface area contributed by atoms with E-state index in [9.17, 15) is 14.4 Å². The van der Waals surface area contributed by atoms with Crippen molar-refractivity contribution in [3.8, 4) is 11.5 Å². The highest BCUT2D eigenvalue weighted by molar-refractivity contribution is 6.42. The van der Waals surface area contributed by atoms with Crippen molar-refractivity contribution in [3.05, 3.63) is 87.4 Å². The van der Waals surface area contributed by atoms with Crippen LogP contribution in [0.4, 0.5) is 5.69 Å². The average Bonchev–Trinajstić information content (AvgIpc) is 3.42. The fraction of sp³-hybridized carbons (Fsp3) is 0.276. The van der Waals surface area contributed by atoms with Crippen LogP contribution in [0.5, 0.6) is 11.5 Å². The van der Waals surface area contributed by atoms with Gasteiger partial charge >= 0.3 is 5.97 Å². The predicted molar refractivity (Wildman–Crippen MR) is 142 cm³/mol. The van der Waals surface area contributed by atoms with E-state index in [0.29, 0.717) is 38.9 Å². The Bertz CT molecular complexity index is 1600. The van der Waals surface area contributed by atoms with Crippen molar-refractivity contribution in [3.63, 3.8) is 0 Å². The van der Waals surface area contributed by atoms with Gasteiger partial charge in [0.05, 0.1) is 35.8 Å². The van der Waals surface area contributed by atoms with E-state index < -0.39 is 46.8 Å². The third-order valence-corrected chi connectivity index (χ3v) is 8.82. The molecule has 2 saturated heterocycles. The number of benzene rings is 3. The number of fused-ring (bicyclic) bond motifs is 4. The summed E-state index contributed by atoms with van der Waals surface area (Å²) >= 11 is 12.5. The first-order chi connectivity index (χ1) is 19.3. The van der Waals surface area contributed by atoms with Gasteiger partial charge in [-0.05, 0) is 29.8 Å². The molecule has 3 aliphatic heterocycles. The zero-order valence-electron chi connectivity index (χ0n) is 20.9. The normalized spacial score (nSPS) is 29.1. The van der Waals surface area contributed by atoms with E-state index in [0.717, 1.165) is 0 Å². The maximum Gasteiger partial charge on any atom is 0.313 e. The number of ketones is 1. The van der Waals surface area contributed by atoms with E-state index in [2.05, 4.69) is 5.32 Å². The first-order valence-corrected chi connectivity index (χ1v) is 13.3. The molecule has 1 N–H and O–H groups in total. The molecule has 2 fully saturated rings. The lowest BCUT2D eigenvalue weighted by Gasteiger charge is -2.32. The third kappa shape index (κ3) is 3.38. The number of methoxy groups -OCH3 is 1. The molecule has 1 amide bonds. The molecule has 5 unspecified atom stereocenters. The molecule has 204 valence electrons. The van der Waals surface area contributed by atoms with Gasteiger partial charge in [0.2, 0.25) is 12.7 Å². The Morgan fingerprint density at radius 3 is 2.52 bits per heavy atom. The SMILES string of the molecule is COC(=O)C1C(C(=O)Nc2ccc3c(c2)OCO3)C(c2ccc(Cl)c(Cl)c2)OC12C(=O)c1ccccc1C21CO1. The molecule has 7 rings (SSSR count). The molecule has 0 saturated carbocycles. The molecule has 9 nitrogen and oxygen atoms in total. The summed E-state index contributed by atoms with van der Waals surface area (Å²) in [7, 11) is 1.21. The molecule has 3 aromatic carbocycles. The van der Waals surface area contributed by atoms with Gasteiger partial charge in [0.25, 0.3) is 0 Å². The number of carbonyl (C=O) groups excluding carboxylic acids is 3. The van der Waals surface area contributed by atoms with Crippen LogP contribution >= 0.6 is 23.2 Å². The summed E-state index contributed by atoms with van der Waals surface area (Å²) in [4.78, 5) is 42.0. The van der Waals surface area contributed by atoms with Crippen LogP contribution in [0.1, 0.15) is 27.6 Å². The van der Waals surface area contributed by atoms with Gasteiger partial charge < -0.3 is 29.0 Å². The van der Waals surface area contributed by atoms with Crippen molar-refractivity contribution < 1.29 is 38.1 Å². The second-order valence-corrected chi connectivity index (χ2v) is 10.8. The molecule has 0 aromatic heterocycles. The Balaban J connectivity index is 1.38. The smallest absolute Gasteiger partial charge is 0.313 e. The van der Waals surface area contributed by atoms with Gasteiger partial charge in [0.15, 0.2) is 28.5 Å². The number of rotatable bonds is 4. The average molecular weight is 582 g/mol. The van der Waals surface area contributed by atoms with Gasteiger partial charge in [0.1, 0.15) is 5.92 Å². The maximum atomic E-state index is 14.2. The molecule has 11 heteroatoms. The van der Waals surface area contributed by atoms with Crippen molar-refractivity contribution in [2.24, 2.45) is 11.8 Å². The number of epoxide rings is 1. The fourth-order valence-electron chi connectivity index (χ4n) is 6.27. The molecular formula is C29H21Cl2NO8. The van der Waals surface area contributed by atoms with Crippen LogP contribution in [0, 0.1) is 11.8 Å². The number of amides is 1. The lowest BCUT2D eigenvalue weighted by atomic mass is 9.71. The van der Waals surface area contributed by atoms with E-state index in [1.54, 1.807) is 60.7 Å². The van der Waals surface area contributed by atoms with Gasteiger partial charge in [0, 0.05) is 22.9 Å². The Labute approximate surface area is 238 Å². The van der Waals surface area contributed by atoms with Gasteiger partial charge in [-0.1, -0.05) is 53.5 Å². The van der Waals surface area contributed by atoms with E-state index in [-0.39, 0.29) is 18.4 Å². The first-order valence-electron chi connectivity index (χ1n) is 12.5. The van der Waals surface area contributed by atoms with Crippen molar-refractivity contribution in [2.75, 3.05) is 25.8 Å². The molecular weight excluding hydrogens is 561 g/mol. The number of nitrogens with one attached hydrogen (secondary N) is 1. The first kappa shape index (κ1) is 25.3. The topological polar surface area (TPSA) is 113 Å². The number of carbonyl (C=O) groups is 3. The lowest BCUT2D eigenvalue weighted by Crippen LogP contribution is -2.55. The predicted octanol–water partition coefficient (Wildman–Crippen LogP) is 4.70. The van der Waals surface area contributed by atoms with E-state index in [4.69, 9.17) is 46.9 Å². The zero-order chi connectivity index (χ0) is 27.8. The summed E-state index contributed by atoms with van der Waals surface area (Å²) in [6.07, 6.45) is -1.08. The summed E-state index contributed by atoms with van der Waals surface area (Å²) < 4.78 is 28.7. The number of hydrogen-bond donors (Lipinski definition) is 1. The molecule has 40 heavy (non-hydrogen) atoms. The van der Waals surface area contributed by atoms with Gasteiger partial charge in [-0.15, -0.1) is 0 Å². The van der Waals surface area contributed by atoms with Crippen LogP contribution in [0.25, 0.3) is 0 Å². The standard InChI is InChI=1S/C29H21Cl2NO8/c1-36-27(35)23-22(26(34)32-15-7-9-20-21(11-15)38-13-37-20)24(14-6-8-18(30)19(31)10-14)40-29(23)25(33)16-4-2-3-5-17(16)28(29)12-39-28/h2-11,22-24H,12-13H2,1H3,(H,32,34). The highest BCUT2D eigenvalue weighted by atomic mass is 35.5. The van der Waals surface area contributed by atoms with E-state index >= 15 is 0 Å². The molecule has 3 aromatic rings. The minimum absolute atomic E-state index is 0.0697. The number of Topliss-reactive ketones (excluding diaryl/α,β-unsaturated/α-hetero) is 1. The highest BCUT2D eigenvalue weighted by Crippen LogP contribution is 2.66.